The Morgan fingerprint density at radius 3 is 2.50 bits per heavy atom. The summed E-state index contributed by atoms with van der Waals surface area (Å²) in [5.41, 5.74) is 2.78. The number of nitrogens with one attached hydrogen (secondary N) is 1. The van der Waals surface area contributed by atoms with E-state index < -0.39 is 0 Å². The fourth-order valence-electron chi connectivity index (χ4n) is 1.71. The average Bonchev–Trinajstić information content (AvgIpc) is 2.34. The molecule has 88 valence electrons. The van der Waals surface area contributed by atoms with Crippen LogP contribution in [0.5, 0.6) is 0 Å². The highest BCUT2D eigenvalue weighted by Crippen LogP contribution is 2.13. The van der Waals surface area contributed by atoms with Gasteiger partial charge in [0, 0.05) is 6.04 Å². The Morgan fingerprint density at radius 2 is 1.94 bits per heavy atom. The summed E-state index contributed by atoms with van der Waals surface area (Å²) in [5, 5.41) is 3.52. The number of rotatable bonds is 6. The largest absolute Gasteiger partial charge is 0.310 e. The highest BCUT2D eigenvalue weighted by Gasteiger charge is 2.02. The summed E-state index contributed by atoms with van der Waals surface area (Å²) in [4.78, 5) is 0. The van der Waals surface area contributed by atoms with Gasteiger partial charge >= 0.3 is 0 Å². The van der Waals surface area contributed by atoms with Gasteiger partial charge in [-0.25, -0.2) is 0 Å². The van der Waals surface area contributed by atoms with Crippen LogP contribution in [0.2, 0.25) is 0 Å². The van der Waals surface area contributed by atoms with Gasteiger partial charge in [-0.15, -0.1) is 0 Å². The Hall–Kier alpha value is -1.08. The lowest BCUT2D eigenvalue weighted by Gasteiger charge is -2.13. The number of aryl methyl sites for hydroxylation is 1. The molecule has 1 atom stereocenters. The minimum Gasteiger partial charge on any atom is -0.310 e. The molecule has 0 aliphatic carbocycles. The zero-order valence-corrected chi connectivity index (χ0v) is 10.7. The van der Waals surface area contributed by atoms with Gasteiger partial charge in [0.2, 0.25) is 0 Å². The van der Waals surface area contributed by atoms with Gasteiger partial charge in [0.05, 0.1) is 0 Å². The molecule has 1 heteroatoms. The summed E-state index contributed by atoms with van der Waals surface area (Å²) in [5.74, 6) is 0. The molecule has 0 aromatic heterocycles. The van der Waals surface area contributed by atoms with Gasteiger partial charge in [0.1, 0.15) is 0 Å². The average molecular weight is 217 g/mol. The first-order chi connectivity index (χ1) is 7.77. The first-order valence-electron chi connectivity index (χ1n) is 6.21. The zero-order valence-electron chi connectivity index (χ0n) is 10.7. The van der Waals surface area contributed by atoms with E-state index in [1.807, 2.05) is 0 Å². The van der Waals surface area contributed by atoms with Gasteiger partial charge in [-0.05, 0) is 44.4 Å². The molecule has 1 aromatic carbocycles. The normalized spacial score (nSPS) is 13.2. The molecule has 1 rings (SSSR count). The Morgan fingerprint density at radius 1 is 1.25 bits per heavy atom. The van der Waals surface area contributed by atoms with Crippen molar-refractivity contribution in [2.75, 3.05) is 6.54 Å². The Bertz CT molecular complexity index is 311. The number of hydrogen-bond donors (Lipinski definition) is 1. The lowest BCUT2D eigenvalue weighted by Crippen LogP contribution is -2.19. The molecule has 1 N–H and O–H groups in total. The molecule has 0 bridgehead atoms. The lowest BCUT2D eigenvalue weighted by molar-refractivity contribution is 0.581. The van der Waals surface area contributed by atoms with Gasteiger partial charge in [-0.2, -0.15) is 0 Å². The van der Waals surface area contributed by atoms with E-state index in [4.69, 9.17) is 0 Å². The van der Waals surface area contributed by atoms with Crippen LogP contribution < -0.4 is 5.32 Å². The van der Waals surface area contributed by atoms with Gasteiger partial charge < -0.3 is 5.32 Å². The van der Waals surface area contributed by atoms with Crippen LogP contribution in [0.4, 0.5) is 0 Å². The minimum atomic E-state index is 0.441. The zero-order chi connectivity index (χ0) is 11.8. The second-order valence-electron chi connectivity index (χ2n) is 4.13. The molecule has 0 fully saturated rings. The van der Waals surface area contributed by atoms with Crippen molar-refractivity contribution in [3.05, 3.63) is 47.5 Å². The van der Waals surface area contributed by atoms with Crippen molar-refractivity contribution < 1.29 is 0 Å². The van der Waals surface area contributed by atoms with E-state index in [0.717, 1.165) is 19.4 Å². The van der Waals surface area contributed by atoms with E-state index in [9.17, 15) is 0 Å². The van der Waals surface area contributed by atoms with Crippen LogP contribution >= 0.6 is 0 Å². The molecule has 0 aliphatic rings. The molecule has 0 radical (unpaired) electrons. The summed E-state index contributed by atoms with van der Waals surface area (Å²) in [6, 6.07) is 9.34. The van der Waals surface area contributed by atoms with E-state index in [1.165, 1.54) is 11.1 Å². The van der Waals surface area contributed by atoms with Crippen LogP contribution in [0.1, 0.15) is 44.4 Å². The summed E-state index contributed by atoms with van der Waals surface area (Å²) >= 11 is 0. The number of benzene rings is 1. The van der Waals surface area contributed by atoms with E-state index >= 15 is 0 Å². The molecule has 0 heterocycles. The van der Waals surface area contributed by atoms with Crippen molar-refractivity contribution in [3.8, 4) is 0 Å². The highest BCUT2D eigenvalue weighted by molar-refractivity contribution is 5.24. The highest BCUT2D eigenvalue weighted by atomic mass is 14.9. The maximum atomic E-state index is 3.52. The fraction of sp³-hybridized carbons (Fsp3) is 0.467. The molecule has 0 spiro atoms. The van der Waals surface area contributed by atoms with Gasteiger partial charge in [-0.1, -0.05) is 43.3 Å². The third-order valence-corrected chi connectivity index (χ3v) is 2.89. The molecule has 0 aliphatic heterocycles. The van der Waals surface area contributed by atoms with Crippen LogP contribution in [0.15, 0.2) is 36.4 Å². The molecule has 1 nitrogen and oxygen atoms in total. The van der Waals surface area contributed by atoms with Crippen molar-refractivity contribution in [2.45, 2.75) is 39.7 Å². The monoisotopic (exact) mass is 217 g/mol. The third-order valence-electron chi connectivity index (χ3n) is 2.89. The van der Waals surface area contributed by atoms with E-state index in [2.05, 4.69) is 62.5 Å². The van der Waals surface area contributed by atoms with Crippen molar-refractivity contribution in [2.24, 2.45) is 0 Å². The van der Waals surface area contributed by atoms with Gasteiger partial charge in [-0.3, -0.25) is 0 Å². The Labute approximate surface area is 99.6 Å². The molecule has 16 heavy (non-hydrogen) atoms. The Balaban J connectivity index is 2.42. The molecule has 0 saturated heterocycles. The number of hydrogen-bond acceptors (Lipinski definition) is 1. The topological polar surface area (TPSA) is 12.0 Å². The first kappa shape index (κ1) is 13.0. The van der Waals surface area contributed by atoms with Crippen LogP contribution in [-0.2, 0) is 6.42 Å². The predicted molar refractivity (Wildman–Crippen MR) is 71.7 cm³/mol. The van der Waals surface area contributed by atoms with Crippen molar-refractivity contribution >= 4 is 0 Å². The summed E-state index contributed by atoms with van der Waals surface area (Å²) in [7, 11) is 0. The molecular weight excluding hydrogens is 194 g/mol. The predicted octanol–water partition coefficient (Wildman–Crippen LogP) is 3.87. The van der Waals surface area contributed by atoms with E-state index in [0.29, 0.717) is 6.04 Å². The van der Waals surface area contributed by atoms with Crippen LogP contribution in [-0.4, -0.2) is 6.54 Å². The Kier molecular flexibility index (Phi) is 5.87. The molecular formula is C15H23N. The fourth-order valence-corrected chi connectivity index (χ4v) is 1.71. The minimum absolute atomic E-state index is 0.441. The summed E-state index contributed by atoms with van der Waals surface area (Å²) in [6.07, 6.45) is 6.51. The standard InChI is InChI=1S/C15H23N/c1-4-6-7-12-16-13(3)15-10-8-14(5-2)9-11-15/h4,6,8-11,13,16H,5,7,12H2,1-3H3/b6-4+. The molecule has 0 saturated carbocycles. The molecule has 1 unspecified atom stereocenters. The van der Waals surface area contributed by atoms with E-state index in [1.54, 1.807) is 0 Å². The second kappa shape index (κ2) is 7.24. The molecule has 0 amide bonds. The van der Waals surface area contributed by atoms with Crippen LogP contribution in [0.25, 0.3) is 0 Å². The summed E-state index contributed by atoms with van der Waals surface area (Å²) in [6.45, 7) is 7.51. The van der Waals surface area contributed by atoms with Gasteiger partial charge in [0.25, 0.3) is 0 Å². The van der Waals surface area contributed by atoms with Crippen molar-refractivity contribution in [3.63, 3.8) is 0 Å². The van der Waals surface area contributed by atoms with Crippen LogP contribution in [0, 0.1) is 0 Å². The van der Waals surface area contributed by atoms with Crippen LogP contribution in [0.3, 0.4) is 0 Å². The first-order valence-corrected chi connectivity index (χ1v) is 6.21. The smallest absolute Gasteiger partial charge is 0.0291 e. The lowest BCUT2D eigenvalue weighted by atomic mass is 10.0. The third kappa shape index (κ3) is 4.19. The number of allylic oxidation sites excluding steroid dienone is 1. The maximum Gasteiger partial charge on any atom is 0.0291 e. The maximum absolute atomic E-state index is 3.52. The second-order valence-corrected chi connectivity index (χ2v) is 4.13. The van der Waals surface area contributed by atoms with Crippen molar-refractivity contribution in [1.82, 2.24) is 5.32 Å². The van der Waals surface area contributed by atoms with Crippen molar-refractivity contribution in [1.29, 1.82) is 0 Å². The SMILES string of the molecule is C/C=C/CCNC(C)c1ccc(CC)cc1. The molecule has 1 aromatic rings. The van der Waals surface area contributed by atoms with E-state index in [-0.39, 0.29) is 0 Å². The quantitative estimate of drug-likeness (QED) is 0.563. The van der Waals surface area contributed by atoms with Gasteiger partial charge in [0.15, 0.2) is 0 Å². The summed E-state index contributed by atoms with van der Waals surface area (Å²) < 4.78 is 0.